The Morgan fingerprint density at radius 2 is 1.69 bits per heavy atom. The van der Waals surface area contributed by atoms with E-state index in [1.54, 1.807) is 29.1 Å². The number of aromatic hydroxyl groups is 1. The molecule has 2 N–H and O–H groups in total. The summed E-state index contributed by atoms with van der Waals surface area (Å²) in [6.45, 7) is 4.64. The minimum absolute atomic E-state index is 0. The van der Waals surface area contributed by atoms with Crippen LogP contribution in [0.2, 0.25) is 0 Å². The second-order valence-corrected chi connectivity index (χ2v) is 7.65. The van der Waals surface area contributed by atoms with E-state index in [4.69, 9.17) is 0 Å². The Morgan fingerprint density at radius 1 is 1.10 bits per heavy atom. The second-order valence-electron chi connectivity index (χ2n) is 7.65. The third kappa shape index (κ3) is 5.92. The molecule has 0 aliphatic carbocycles. The molecular weight excluding hydrogens is 390 g/mol. The zero-order valence-corrected chi connectivity index (χ0v) is 17.8. The quantitative estimate of drug-likeness (QED) is 0.476. The number of carbonyl (C=O) groups excluding carboxylic acids is 1. The molecule has 0 aliphatic rings. The van der Waals surface area contributed by atoms with Gasteiger partial charge in [0, 0.05) is 0 Å². The zero-order chi connectivity index (χ0) is 20.1. The Balaban J connectivity index is 0.00000300. The Kier molecular flexibility index (Phi) is 7.59. The van der Waals surface area contributed by atoms with Crippen LogP contribution >= 0.6 is 0 Å². The largest absolute Gasteiger partial charge is 1.00 e. The van der Waals surface area contributed by atoms with Crippen LogP contribution < -0.4 is 17.7 Å². The fraction of sp³-hybridized carbons (Fsp3) is 0.381. The van der Waals surface area contributed by atoms with E-state index in [0.717, 1.165) is 34.2 Å². The highest BCUT2D eigenvalue weighted by Gasteiger charge is 2.21. The number of aromatic nitrogens is 3. The van der Waals surface area contributed by atoms with E-state index < -0.39 is 0 Å². The first-order valence-corrected chi connectivity index (χ1v) is 9.57. The normalized spacial score (nSPS) is 12.4. The van der Waals surface area contributed by atoms with Crippen LogP contribution in [-0.4, -0.2) is 64.2 Å². The van der Waals surface area contributed by atoms with Gasteiger partial charge in [0.2, 0.25) is 5.91 Å². The van der Waals surface area contributed by atoms with Crippen LogP contribution in [0.4, 0.5) is 0 Å². The lowest BCUT2D eigenvalue weighted by atomic mass is 10.0. The third-order valence-corrected chi connectivity index (χ3v) is 5.13. The van der Waals surface area contributed by atoms with E-state index in [1.807, 2.05) is 24.3 Å². The predicted octanol–water partition coefficient (Wildman–Crippen LogP) is -0.667. The van der Waals surface area contributed by atoms with E-state index in [2.05, 4.69) is 36.5 Å². The summed E-state index contributed by atoms with van der Waals surface area (Å²) in [5.74, 6) is 0.139. The van der Waals surface area contributed by atoms with Crippen molar-refractivity contribution in [2.45, 2.75) is 19.4 Å². The Labute approximate surface area is 177 Å². The molecule has 0 saturated heterocycles. The summed E-state index contributed by atoms with van der Waals surface area (Å²) in [5, 5.41) is 21.7. The minimum Gasteiger partial charge on any atom is -1.00 e. The second kappa shape index (κ2) is 9.71. The molecule has 0 radical (unpaired) electrons. The van der Waals surface area contributed by atoms with Gasteiger partial charge in [-0.05, 0) is 36.8 Å². The van der Waals surface area contributed by atoms with Crippen molar-refractivity contribution in [2.24, 2.45) is 0 Å². The fourth-order valence-electron chi connectivity index (χ4n) is 2.95. The number of quaternary nitrogens is 1. The van der Waals surface area contributed by atoms with Gasteiger partial charge in [-0.15, -0.1) is 0 Å². The first kappa shape index (κ1) is 22.6. The number of rotatable bonds is 8. The van der Waals surface area contributed by atoms with Gasteiger partial charge in [0.15, 0.2) is 0 Å². The molecule has 0 fully saturated rings. The van der Waals surface area contributed by atoms with Crippen molar-refractivity contribution in [3.8, 4) is 5.75 Å². The van der Waals surface area contributed by atoms with E-state index in [9.17, 15) is 9.90 Å². The number of nitrogens with zero attached hydrogens (tertiary/aromatic N) is 4. The Morgan fingerprint density at radius 3 is 2.24 bits per heavy atom. The molecule has 1 unspecified atom stereocenters. The number of hydrogen-bond donors (Lipinski definition) is 2. The average Bonchev–Trinajstić information content (AvgIpc) is 3.10. The Hall–Kier alpha value is -2.64. The number of nitrogens with one attached hydrogen (secondary N) is 1. The molecule has 2 aromatic carbocycles. The van der Waals surface area contributed by atoms with E-state index in [0.29, 0.717) is 6.54 Å². The number of phenolic OH excluding ortho intramolecular Hbond substituents is 1. The molecule has 1 amide bonds. The first-order valence-electron chi connectivity index (χ1n) is 9.57. The molecule has 8 heteroatoms. The maximum Gasteiger partial charge on any atom is 0.222 e. The summed E-state index contributed by atoms with van der Waals surface area (Å²) in [6, 6.07) is 14.1. The Bertz CT molecular complexity index is 907. The van der Waals surface area contributed by atoms with Gasteiger partial charge in [-0.2, -0.15) is 15.0 Å². The van der Waals surface area contributed by atoms with E-state index in [-0.39, 0.29) is 36.5 Å². The van der Waals surface area contributed by atoms with Gasteiger partial charge in [-0.3, -0.25) is 4.79 Å². The van der Waals surface area contributed by atoms with Crippen LogP contribution in [0.3, 0.4) is 0 Å². The minimum atomic E-state index is -0.346. The number of likely N-dealkylation sites (N-methyl/N-ethyl adjacent to an activating group) is 1. The number of halogens is 1. The summed E-state index contributed by atoms with van der Waals surface area (Å²) in [4.78, 5) is 14.2. The lowest BCUT2D eigenvalue weighted by Crippen LogP contribution is -3.00. The van der Waals surface area contributed by atoms with Gasteiger partial charge in [0.1, 0.15) is 22.8 Å². The SMILES string of the molecule is CC[N+](C)(C)CCNC(=O)CC(c1ccc(O)cc1)n1nc2ccccc2n1.[Cl-]. The summed E-state index contributed by atoms with van der Waals surface area (Å²) in [6.07, 6.45) is 0.227. The number of benzene rings is 2. The van der Waals surface area contributed by atoms with Crippen LogP contribution in [0.5, 0.6) is 5.75 Å². The van der Waals surface area contributed by atoms with Gasteiger partial charge in [-0.1, -0.05) is 24.3 Å². The lowest BCUT2D eigenvalue weighted by molar-refractivity contribution is -0.887. The van der Waals surface area contributed by atoms with Crippen molar-refractivity contribution < 1.29 is 26.8 Å². The molecule has 3 aromatic rings. The first-order chi connectivity index (χ1) is 13.4. The molecule has 0 saturated carbocycles. The molecule has 1 heterocycles. The molecule has 0 bridgehead atoms. The number of phenols is 1. The predicted molar refractivity (Wildman–Crippen MR) is 109 cm³/mol. The van der Waals surface area contributed by atoms with Crippen LogP contribution in [0.25, 0.3) is 11.0 Å². The van der Waals surface area contributed by atoms with Crippen LogP contribution in [0.1, 0.15) is 24.9 Å². The molecule has 1 atom stereocenters. The topological polar surface area (TPSA) is 80.0 Å². The maximum atomic E-state index is 12.6. The molecule has 156 valence electrons. The van der Waals surface area contributed by atoms with Crippen molar-refractivity contribution in [3.63, 3.8) is 0 Å². The van der Waals surface area contributed by atoms with Gasteiger partial charge in [0.05, 0.1) is 40.2 Å². The maximum absolute atomic E-state index is 12.6. The van der Waals surface area contributed by atoms with E-state index >= 15 is 0 Å². The van der Waals surface area contributed by atoms with Crippen LogP contribution in [0.15, 0.2) is 48.5 Å². The highest BCUT2D eigenvalue weighted by Crippen LogP contribution is 2.24. The summed E-state index contributed by atoms with van der Waals surface area (Å²) >= 11 is 0. The van der Waals surface area contributed by atoms with Crippen molar-refractivity contribution >= 4 is 16.9 Å². The van der Waals surface area contributed by atoms with Crippen molar-refractivity contribution in [1.29, 1.82) is 0 Å². The van der Waals surface area contributed by atoms with Crippen molar-refractivity contribution in [3.05, 3.63) is 54.1 Å². The summed E-state index contributed by atoms with van der Waals surface area (Å²) < 4.78 is 0.855. The molecule has 3 rings (SSSR count). The zero-order valence-electron chi connectivity index (χ0n) is 17.0. The molecule has 29 heavy (non-hydrogen) atoms. The number of amides is 1. The van der Waals surface area contributed by atoms with Gasteiger partial charge in [0.25, 0.3) is 0 Å². The highest BCUT2D eigenvalue weighted by atomic mass is 35.5. The average molecular weight is 418 g/mol. The molecule has 7 nitrogen and oxygen atoms in total. The van der Waals surface area contributed by atoms with E-state index in [1.165, 1.54) is 0 Å². The fourth-order valence-corrected chi connectivity index (χ4v) is 2.95. The monoisotopic (exact) mass is 417 g/mol. The smallest absolute Gasteiger partial charge is 0.222 e. The third-order valence-electron chi connectivity index (χ3n) is 5.13. The summed E-state index contributed by atoms with van der Waals surface area (Å²) in [7, 11) is 4.29. The standard InChI is InChI=1S/C21H27N5O2.ClH/c1-4-26(2,3)14-13-22-21(28)15-20(16-9-11-17(27)12-10-16)25-23-18-7-5-6-8-19(18)24-25;/h5-12,20H,4,13-15H2,1-3H3,(H-,22,27,28);1H. The molecule has 1 aromatic heterocycles. The van der Waals surface area contributed by atoms with Gasteiger partial charge < -0.3 is 27.3 Å². The summed E-state index contributed by atoms with van der Waals surface area (Å²) in [5.41, 5.74) is 2.44. The van der Waals surface area contributed by atoms with Crippen LogP contribution in [0, 0.1) is 0 Å². The number of fused-ring (bicyclic) bond motifs is 1. The lowest BCUT2D eigenvalue weighted by Gasteiger charge is -2.28. The van der Waals surface area contributed by atoms with Gasteiger partial charge >= 0.3 is 0 Å². The van der Waals surface area contributed by atoms with Gasteiger partial charge in [-0.25, -0.2) is 0 Å². The number of hydrogen-bond acceptors (Lipinski definition) is 4. The molecular formula is C21H28ClN5O2. The highest BCUT2D eigenvalue weighted by molar-refractivity contribution is 5.77. The molecule has 0 spiro atoms. The van der Waals surface area contributed by atoms with Crippen molar-refractivity contribution in [1.82, 2.24) is 20.3 Å². The van der Waals surface area contributed by atoms with Crippen LogP contribution in [-0.2, 0) is 4.79 Å². The molecule has 0 aliphatic heterocycles. The number of carbonyl (C=O) groups is 1. The van der Waals surface area contributed by atoms with Crippen molar-refractivity contribution in [2.75, 3.05) is 33.7 Å².